The second-order valence-corrected chi connectivity index (χ2v) is 6.47. The number of carbonyl (C=O) groups is 3. The zero-order valence-corrected chi connectivity index (χ0v) is 16.9. The number of rotatable bonds is 8. The van der Waals surface area contributed by atoms with Gasteiger partial charge in [0.15, 0.2) is 12.2 Å². The molecule has 31 heavy (non-hydrogen) atoms. The Labute approximate surface area is 176 Å². The molecule has 5 unspecified atom stereocenters. The number of nitro groups is 1. The molecule has 0 amide bonds. The molecule has 0 spiro atoms. The maximum atomic E-state index is 11.7. The Hall–Kier alpha value is -3.61. The number of nitrogens with one attached hydrogen (secondary N) is 1. The van der Waals surface area contributed by atoms with E-state index >= 15 is 0 Å². The number of non-ortho nitro benzene ring substituents is 1. The lowest BCUT2D eigenvalue weighted by Crippen LogP contribution is -2.63. The van der Waals surface area contributed by atoms with Crippen LogP contribution in [-0.4, -0.2) is 60.1 Å². The normalized spacial score (nSPS) is 25.1. The highest BCUT2D eigenvalue weighted by Crippen LogP contribution is 2.31. The monoisotopic (exact) mass is 439 g/mol. The number of ether oxygens (including phenoxy) is 5. The van der Waals surface area contributed by atoms with E-state index < -0.39 is 53.5 Å². The lowest BCUT2D eigenvalue weighted by molar-refractivity contribution is -0.384. The van der Waals surface area contributed by atoms with Crippen molar-refractivity contribution < 1.29 is 43.0 Å². The molecule has 1 saturated heterocycles. The summed E-state index contributed by atoms with van der Waals surface area (Å²) < 4.78 is 27.2. The summed E-state index contributed by atoms with van der Waals surface area (Å²) in [4.78, 5) is 45.2. The molecule has 1 fully saturated rings. The van der Waals surface area contributed by atoms with Crippen LogP contribution in [0.2, 0.25) is 0 Å². The Morgan fingerprint density at radius 1 is 1.00 bits per heavy atom. The molecular formula is C18H21N3O10. The molecule has 0 bridgehead atoms. The molecular weight excluding hydrogens is 418 g/mol. The van der Waals surface area contributed by atoms with Crippen LogP contribution in [0.3, 0.4) is 0 Å². The molecule has 0 aromatic heterocycles. The summed E-state index contributed by atoms with van der Waals surface area (Å²) in [5.74, 6) is -2.11. The van der Waals surface area contributed by atoms with Crippen molar-refractivity contribution in [1.82, 2.24) is 0 Å². The van der Waals surface area contributed by atoms with Gasteiger partial charge in [-0.3, -0.25) is 24.5 Å². The summed E-state index contributed by atoms with van der Waals surface area (Å²) in [5.41, 5.74) is 6.97. The number of hydrogen-bond acceptors (Lipinski definition) is 12. The predicted molar refractivity (Wildman–Crippen MR) is 99.1 cm³/mol. The van der Waals surface area contributed by atoms with E-state index in [1.54, 1.807) is 0 Å². The largest absolute Gasteiger partial charge is 0.461 e. The van der Waals surface area contributed by atoms with Gasteiger partial charge < -0.3 is 23.7 Å². The van der Waals surface area contributed by atoms with E-state index in [-0.39, 0.29) is 18.0 Å². The van der Waals surface area contributed by atoms with E-state index in [0.29, 0.717) is 0 Å². The van der Waals surface area contributed by atoms with Crippen molar-refractivity contribution in [3.05, 3.63) is 34.4 Å². The third-order valence-electron chi connectivity index (χ3n) is 4.07. The van der Waals surface area contributed by atoms with Gasteiger partial charge in [-0.25, -0.2) is 5.53 Å². The van der Waals surface area contributed by atoms with Crippen LogP contribution in [-0.2, 0) is 33.3 Å². The summed E-state index contributed by atoms with van der Waals surface area (Å²) in [5, 5.41) is 14.1. The van der Waals surface area contributed by atoms with Gasteiger partial charge in [0, 0.05) is 32.9 Å². The molecule has 1 aliphatic rings. The first-order chi connectivity index (χ1) is 14.6. The molecule has 5 atom stereocenters. The van der Waals surface area contributed by atoms with Crippen LogP contribution in [0.4, 0.5) is 5.69 Å². The fourth-order valence-corrected chi connectivity index (χ4v) is 2.97. The molecule has 1 aromatic carbocycles. The molecule has 13 heteroatoms. The van der Waals surface area contributed by atoms with Crippen LogP contribution in [0.5, 0.6) is 5.75 Å². The van der Waals surface area contributed by atoms with Crippen molar-refractivity contribution in [3.8, 4) is 5.75 Å². The molecule has 0 radical (unpaired) electrons. The number of nitrogens with zero attached hydrogens (tertiary/aromatic N) is 2. The van der Waals surface area contributed by atoms with Gasteiger partial charge in [-0.1, -0.05) is 0 Å². The molecule has 2 rings (SSSR count). The molecule has 0 saturated carbocycles. The lowest BCUT2D eigenvalue weighted by Gasteiger charge is -2.43. The predicted octanol–water partition coefficient (Wildman–Crippen LogP) is 1.52. The van der Waals surface area contributed by atoms with E-state index in [4.69, 9.17) is 29.2 Å². The van der Waals surface area contributed by atoms with Crippen LogP contribution in [0.15, 0.2) is 29.4 Å². The van der Waals surface area contributed by atoms with Crippen LogP contribution < -0.4 is 4.74 Å². The van der Waals surface area contributed by atoms with Crippen molar-refractivity contribution in [2.75, 3.05) is 6.54 Å². The van der Waals surface area contributed by atoms with Gasteiger partial charge in [-0.2, -0.15) is 5.11 Å². The van der Waals surface area contributed by atoms with Gasteiger partial charge in [0.2, 0.25) is 12.4 Å². The van der Waals surface area contributed by atoms with Gasteiger partial charge in [0.05, 0.1) is 11.5 Å². The summed E-state index contributed by atoms with van der Waals surface area (Å²) in [6, 6.07) is 4.99. The third kappa shape index (κ3) is 6.44. The number of nitro benzene ring substituents is 1. The Morgan fingerprint density at radius 2 is 1.52 bits per heavy atom. The molecule has 1 heterocycles. The summed E-state index contributed by atoms with van der Waals surface area (Å²) in [6.07, 6.45) is -6.36. The summed E-state index contributed by atoms with van der Waals surface area (Å²) in [7, 11) is 0. The van der Waals surface area contributed by atoms with E-state index in [1.165, 1.54) is 24.3 Å². The first-order valence-corrected chi connectivity index (χ1v) is 9.03. The molecule has 1 aromatic rings. The maximum absolute atomic E-state index is 11.7. The Kier molecular flexibility index (Phi) is 7.96. The number of hydrogen-bond donors (Lipinski definition) is 1. The number of carbonyl (C=O) groups excluding carboxylic acids is 3. The molecule has 1 aliphatic heterocycles. The minimum absolute atomic E-state index is 0.127. The smallest absolute Gasteiger partial charge is 0.303 e. The third-order valence-corrected chi connectivity index (χ3v) is 4.07. The highest BCUT2D eigenvalue weighted by molar-refractivity contribution is 5.68. The van der Waals surface area contributed by atoms with Crippen molar-refractivity contribution in [2.45, 2.75) is 51.5 Å². The maximum Gasteiger partial charge on any atom is 0.303 e. The van der Waals surface area contributed by atoms with Gasteiger partial charge in [-0.15, -0.1) is 0 Å². The van der Waals surface area contributed by atoms with Gasteiger partial charge in [0.1, 0.15) is 11.9 Å². The second kappa shape index (κ2) is 10.4. The van der Waals surface area contributed by atoms with E-state index in [2.05, 4.69) is 5.11 Å². The van der Waals surface area contributed by atoms with E-state index in [9.17, 15) is 24.5 Å². The molecule has 1 N–H and O–H groups in total. The van der Waals surface area contributed by atoms with Crippen LogP contribution in [0.1, 0.15) is 20.8 Å². The van der Waals surface area contributed by atoms with Crippen LogP contribution in [0, 0.1) is 15.6 Å². The highest BCUT2D eigenvalue weighted by Gasteiger charge is 2.53. The average Bonchev–Trinajstić information content (AvgIpc) is 2.67. The van der Waals surface area contributed by atoms with Crippen LogP contribution in [0.25, 0.3) is 0 Å². The Balaban J connectivity index is 2.41. The van der Waals surface area contributed by atoms with Crippen molar-refractivity contribution >= 4 is 23.6 Å². The van der Waals surface area contributed by atoms with Crippen molar-refractivity contribution in [2.24, 2.45) is 5.11 Å². The molecule has 13 nitrogen and oxygen atoms in total. The van der Waals surface area contributed by atoms with Gasteiger partial charge >= 0.3 is 17.9 Å². The zero-order valence-electron chi connectivity index (χ0n) is 16.9. The first-order valence-electron chi connectivity index (χ1n) is 9.03. The minimum Gasteiger partial charge on any atom is -0.461 e. The zero-order chi connectivity index (χ0) is 23.1. The standard InChI is InChI=1S/C18H21N3O10/c1-9(22)27-15-14(8-20-19)31-18(17(29-11(3)24)16(15)28-10(2)23)30-13-6-4-12(5-7-13)21(25)26/h4-7,14-19H,8H2,1-3H3. The topological polar surface area (TPSA) is 177 Å². The van der Waals surface area contributed by atoms with Crippen LogP contribution >= 0.6 is 0 Å². The fourth-order valence-electron chi connectivity index (χ4n) is 2.97. The number of esters is 3. The second-order valence-electron chi connectivity index (χ2n) is 6.47. The van der Waals surface area contributed by atoms with Crippen molar-refractivity contribution in [1.29, 1.82) is 5.53 Å². The van der Waals surface area contributed by atoms with Gasteiger partial charge in [-0.05, 0) is 12.1 Å². The fraction of sp³-hybridized carbons (Fsp3) is 0.500. The highest BCUT2D eigenvalue weighted by atomic mass is 16.7. The molecule has 0 aliphatic carbocycles. The van der Waals surface area contributed by atoms with Crippen molar-refractivity contribution in [3.63, 3.8) is 0 Å². The quantitative estimate of drug-likeness (QED) is 0.205. The average molecular weight is 439 g/mol. The minimum atomic E-state index is -1.37. The number of benzene rings is 1. The summed E-state index contributed by atoms with van der Waals surface area (Å²) >= 11 is 0. The summed E-state index contributed by atoms with van der Waals surface area (Å²) in [6.45, 7) is 3.07. The molecule has 168 valence electrons. The van der Waals surface area contributed by atoms with E-state index in [0.717, 1.165) is 20.8 Å². The Bertz CT molecular complexity index is 843. The lowest BCUT2D eigenvalue weighted by atomic mass is 9.97. The Morgan fingerprint density at radius 3 is 2.00 bits per heavy atom. The van der Waals surface area contributed by atoms with Gasteiger partial charge in [0.25, 0.3) is 5.69 Å². The SMILES string of the molecule is CC(=O)OC1C(CN=N)OC(Oc2ccc([N+](=O)[O-])cc2)C(OC(C)=O)C1OC(C)=O. The van der Waals surface area contributed by atoms with E-state index in [1.807, 2.05) is 0 Å². The first kappa shape index (κ1) is 23.7.